The second-order valence-electron chi connectivity index (χ2n) is 3.30. The van der Waals surface area contributed by atoms with Crippen molar-refractivity contribution in [1.29, 1.82) is 0 Å². The van der Waals surface area contributed by atoms with Crippen molar-refractivity contribution < 1.29 is 0 Å². The number of hydrogen-bond acceptors (Lipinski definition) is 2. The molecule has 2 heteroatoms. The van der Waals surface area contributed by atoms with Crippen molar-refractivity contribution in [2.75, 3.05) is 25.9 Å². The summed E-state index contributed by atoms with van der Waals surface area (Å²) in [7, 11) is 2.17. The second kappa shape index (κ2) is 6.99. The molecule has 0 aliphatic carbocycles. The Bertz CT molecular complexity index is 85.6. The third kappa shape index (κ3) is 6.70. The fourth-order valence-electron chi connectivity index (χ4n) is 0.964. The maximum Gasteiger partial charge on any atom is -0.00194 e. The summed E-state index contributed by atoms with van der Waals surface area (Å²) in [6, 6.07) is 0. The summed E-state index contributed by atoms with van der Waals surface area (Å²) >= 11 is 4.21. The molecule has 0 aliphatic heterocycles. The molecule has 0 aromatic heterocycles. The van der Waals surface area contributed by atoms with Crippen LogP contribution in [0.2, 0.25) is 0 Å². The normalized spacial score (nSPS) is 13.9. The van der Waals surface area contributed by atoms with Crippen molar-refractivity contribution in [3.05, 3.63) is 0 Å². The van der Waals surface area contributed by atoms with Gasteiger partial charge in [0.2, 0.25) is 0 Å². The van der Waals surface area contributed by atoms with Gasteiger partial charge in [-0.15, -0.1) is 0 Å². The molecule has 0 aliphatic rings. The van der Waals surface area contributed by atoms with Gasteiger partial charge in [-0.3, -0.25) is 0 Å². The van der Waals surface area contributed by atoms with E-state index in [1.54, 1.807) is 0 Å². The van der Waals surface area contributed by atoms with E-state index in [4.69, 9.17) is 0 Å². The van der Waals surface area contributed by atoms with E-state index in [1.165, 1.54) is 19.4 Å². The van der Waals surface area contributed by atoms with Crippen molar-refractivity contribution in [3.8, 4) is 0 Å². The maximum absolute atomic E-state index is 4.21. The first-order chi connectivity index (χ1) is 5.20. The molecular weight excluding hydrogens is 154 g/mol. The molecule has 0 heterocycles. The quantitative estimate of drug-likeness (QED) is 0.606. The summed E-state index contributed by atoms with van der Waals surface area (Å²) in [5.41, 5.74) is 0. The Hall–Kier alpha value is 0.310. The lowest BCUT2D eigenvalue weighted by Crippen LogP contribution is -2.20. The van der Waals surface area contributed by atoms with Crippen molar-refractivity contribution in [3.63, 3.8) is 0 Å². The highest BCUT2D eigenvalue weighted by Gasteiger charge is 2.01. The molecule has 1 unspecified atom stereocenters. The third-order valence-corrected chi connectivity index (χ3v) is 2.42. The molecule has 1 atom stereocenters. The monoisotopic (exact) mass is 175 g/mol. The molecule has 0 spiro atoms. The SMILES string of the molecule is CCN(C)CCC(C)CCS. The Morgan fingerprint density at radius 1 is 1.36 bits per heavy atom. The van der Waals surface area contributed by atoms with Crippen LogP contribution in [0.25, 0.3) is 0 Å². The topological polar surface area (TPSA) is 3.24 Å². The van der Waals surface area contributed by atoms with Crippen LogP contribution in [0.3, 0.4) is 0 Å². The third-order valence-electron chi connectivity index (χ3n) is 2.17. The second-order valence-corrected chi connectivity index (χ2v) is 3.75. The largest absolute Gasteiger partial charge is 0.307 e. The van der Waals surface area contributed by atoms with Gasteiger partial charge in [0.25, 0.3) is 0 Å². The van der Waals surface area contributed by atoms with Crippen molar-refractivity contribution in [2.45, 2.75) is 26.7 Å². The van der Waals surface area contributed by atoms with Gasteiger partial charge in [0.05, 0.1) is 0 Å². The van der Waals surface area contributed by atoms with E-state index >= 15 is 0 Å². The maximum atomic E-state index is 4.21. The summed E-state index contributed by atoms with van der Waals surface area (Å²) in [6.07, 6.45) is 2.56. The first-order valence-corrected chi connectivity index (χ1v) is 5.13. The van der Waals surface area contributed by atoms with Crippen LogP contribution in [0.1, 0.15) is 26.7 Å². The van der Waals surface area contributed by atoms with Crippen LogP contribution in [0.15, 0.2) is 0 Å². The summed E-state index contributed by atoms with van der Waals surface area (Å²) < 4.78 is 0. The standard InChI is InChI=1S/C9H21NS/c1-4-10(3)7-5-9(2)6-8-11/h9,11H,4-8H2,1-3H3. The van der Waals surface area contributed by atoms with Crippen LogP contribution < -0.4 is 0 Å². The molecule has 68 valence electrons. The predicted molar refractivity (Wildman–Crippen MR) is 55.4 cm³/mol. The number of thiol groups is 1. The number of nitrogens with zero attached hydrogens (tertiary/aromatic N) is 1. The molecule has 0 bridgehead atoms. The number of hydrogen-bond donors (Lipinski definition) is 1. The van der Waals surface area contributed by atoms with Gasteiger partial charge >= 0.3 is 0 Å². The first-order valence-electron chi connectivity index (χ1n) is 4.50. The van der Waals surface area contributed by atoms with Gasteiger partial charge in [-0.05, 0) is 44.6 Å². The fraction of sp³-hybridized carbons (Fsp3) is 1.00. The highest BCUT2D eigenvalue weighted by atomic mass is 32.1. The van der Waals surface area contributed by atoms with Crippen molar-refractivity contribution in [1.82, 2.24) is 4.90 Å². The Balaban J connectivity index is 3.22. The van der Waals surface area contributed by atoms with Crippen LogP contribution >= 0.6 is 12.6 Å². The van der Waals surface area contributed by atoms with Crippen LogP contribution in [0.4, 0.5) is 0 Å². The zero-order valence-corrected chi connectivity index (χ0v) is 8.90. The summed E-state index contributed by atoms with van der Waals surface area (Å²) in [6.45, 7) is 6.89. The smallest absolute Gasteiger partial charge is 0.00194 e. The lowest BCUT2D eigenvalue weighted by Gasteiger charge is -2.16. The Labute approximate surface area is 76.6 Å². The van der Waals surface area contributed by atoms with Gasteiger partial charge in [-0.1, -0.05) is 13.8 Å². The minimum absolute atomic E-state index is 0.835. The Morgan fingerprint density at radius 2 is 2.00 bits per heavy atom. The zero-order valence-electron chi connectivity index (χ0n) is 8.01. The molecule has 0 N–H and O–H groups in total. The minimum atomic E-state index is 0.835. The average molecular weight is 175 g/mol. The van der Waals surface area contributed by atoms with Gasteiger partial charge in [0, 0.05) is 0 Å². The van der Waals surface area contributed by atoms with E-state index in [0.29, 0.717) is 0 Å². The molecule has 0 radical (unpaired) electrons. The van der Waals surface area contributed by atoms with Crippen LogP contribution in [0.5, 0.6) is 0 Å². The molecule has 0 aromatic carbocycles. The van der Waals surface area contributed by atoms with E-state index in [0.717, 1.165) is 18.2 Å². The zero-order chi connectivity index (χ0) is 8.69. The molecule has 11 heavy (non-hydrogen) atoms. The Kier molecular flexibility index (Phi) is 7.18. The molecule has 0 rings (SSSR count). The fourth-order valence-corrected chi connectivity index (χ4v) is 1.40. The molecule has 0 saturated carbocycles. The first kappa shape index (κ1) is 11.3. The molecule has 0 aromatic rings. The average Bonchev–Trinajstić information content (AvgIpc) is 2.01. The molecule has 0 fully saturated rings. The van der Waals surface area contributed by atoms with E-state index in [2.05, 4.69) is 38.4 Å². The lowest BCUT2D eigenvalue weighted by atomic mass is 10.1. The van der Waals surface area contributed by atoms with Crippen LogP contribution in [-0.4, -0.2) is 30.8 Å². The Morgan fingerprint density at radius 3 is 2.45 bits per heavy atom. The van der Waals surface area contributed by atoms with Crippen LogP contribution in [-0.2, 0) is 0 Å². The van der Waals surface area contributed by atoms with Gasteiger partial charge in [-0.25, -0.2) is 0 Å². The van der Waals surface area contributed by atoms with Gasteiger partial charge in [-0.2, -0.15) is 12.6 Å². The van der Waals surface area contributed by atoms with Gasteiger partial charge < -0.3 is 4.90 Å². The van der Waals surface area contributed by atoms with Gasteiger partial charge in [0.15, 0.2) is 0 Å². The lowest BCUT2D eigenvalue weighted by molar-refractivity contribution is 0.317. The van der Waals surface area contributed by atoms with Crippen molar-refractivity contribution >= 4 is 12.6 Å². The highest BCUT2D eigenvalue weighted by molar-refractivity contribution is 7.80. The highest BCUT2D eigenvalue weighted by Crippen LogP contribution is 2.08. The molecule has 0 saturated heterocycles. The van der Waals surface area contributed by atoms with Crippen LogP contribution in [0, 0.1) is 5.92 Å². The summed E-state index contributed by atoms with van der Waals surface area (Å²) in [4.78, 5) is 2.36. The molecule has 0 amide bonds. The number of rotatable bonds is 6. The molecule has 1 nitrogen and oxygen atoms in total. The van der Waals surface area contributed by atoms with E-state index in [1.807, 2.05) is 0 Å². The summed E-state index contributed by atoms with van der Waals surface area (Å²) in [5.74, 6) is 1.86. The molecular formula is C9H21NS. The van der Waals surface area contributed by atoms with E-state index < -0.39 is 0 Å². The van der Waals surface area contributed by atoms with E-state index in [-0.39, 0.29) is 0 Å². The van der Waals surface area contributed by atoms with E-state index in [9.17, 15) is 0 Å². The predicted octanol–water partition coefficient (Wildman–Crippen LogP) is 2.28. The van der Waals surface area contributed by atoms with Crippen molar-refractivity contribution in [2.24, 2.45) is 5.92 Å². The summed E-state index contributed by atoms with van der Waals surface area (Å²) in [5, 5.41) is 0. The minimum Gasteiger partial charge on any atom is -0.307 e. The van der Waals surface area contributed by atoms with Gasteiger partial charge in [0.1, 0.15) is 0 Å².